The Balaban J connectivity index is 1.78. The van der Waals surface area contributed by atoms with Gasteiger partial charge in [0.1, 0.15) is 0 Å². The first kappa shape index (κ1) is 24.5. The second kappa shape index (κ2) is 11.6. The van der Waals surface area contributed by atoms with Crippen molar-refractivity contribution >= 4 is 30.5 Å². The summed E-state index contributed by atoms with van der Waals surface area (Å²) < 4.78 is 3.50. The van der Waals surface area contributed by atoms with Crippen molar-refractivity contribution in [2.45, 2.75) is 67.8 Å². The number of nitrogens with one attached hydrogen (secondary N) is 1. The normalized spacial score (nSPS) is 29.7. The van der Waals surface area contributed by atoms with Crippen LogP contribution in [-0.4, -0.2) is 52.5 Å². The van der Waals surface area contributed by atoms with E-state index in [4.69, 9.17) is 5.11 Å². The monoisotopic (exact) mass is 539 g/mol. The van der Waals surface area contributed by atoms with Crippen LogP contribution in [0.3, 0.4) is 0 Å². The summed E-state index contributed by atoms with van der Waals surface area (Å²) in [4.78, 5) is 36.4. The number of carbonyl (C=O) groups excluding carboxylic acids is 2. The number of carbonyl (C=O) groups is 3. The molecule has 4 atom stereocenters. The number of carboxylic acids is 2. The Kier molecular flexibility index (Phi) is 9.78. The number of allylic oxidation sites excluding steroid dienone is 2. The fourth-order valence-corrected chi connectivity index (χ4v) is 16.1. The molecule has 8 heteroatoms. The fraction of sp³-hybridized carbons (Fsp3) is 0.762. The molecular weight excluding hydrogens is 505 g/mol. The third-order valence-electron chi connectivity index (χ3n) is 6.12. The molecule has 6 nitrogen and oxygen atoms in total. The summed E-state index contributed by atoms with van der Waals surface area (Å²) in [5, 5.41) is 22.2. The van der Waals surface area contributed by atoms with Crippen molar-refractivity contribution in [2.75, 3.05) is 19.5 Å². The van der Waals surface area contributed by atoms with Gasteiger partial charge in [-0.1, -0.05) is 0 Å². The second-order valence-electron chi connectivity index (χ2n) is 8.34. The summed E-state index contributed by atoms with van der Waals surface area (Å²) in [7, 11) is 0. The quantitative estimate of drug-likeness (QED) is 0.121. The Morgan fingerprint density at radius 1 is 1.34 bits per heavy atom. The Hall–Kier alpha value is -0.770. The van der Waals surface area contributed by atoms with Gasteiger partial charge in [-0.25, -0.2) is 0 Å². The predicted molar refractivity (Wildman–Crippen MR) is 111 cm³/mol. The van der Waals surface area contributed by atoms with Gasteiger partial charge in [0.2, 0.25) is 0 Å². The van der Waals surface area contributed by atoms with E-state index in [1.54, 1.807) is 5.57 Å². The number of thiol groups is 1. The van der Waals surface area contributed by atoms with E-state index in [2.05, 4.69) is 29.0 Å². The first-order valence-electron chi connectivity index (χ1n) is 10.4. The molecule has 1 aliphatic heterocycles. The van der Waals surface area contributed by atoms with Crippen molar-refractivity contribution in [2.24, 2.45) is 5.92 Å². The van der Waals surface area contributed by atoms with E-state index in [0.29, 0.717) is 5.92 Å². The van der Waals surface area contributed by atoms with Crippen LogP contribution in [0.2, 0.25) is 0 Å². The molecular formula is C21H34INO5S-2. The number of aliphatic carboxylic acids is 2. The van der Waals surface area contributed by atoms with Crippen molar-refractivity contribution in [3.63, 3.8) is 0 Å². The van der Waals surface area contributed by atoms with Crippen LogP contribution < -0.4 is 28.9 Å². The molecule has 2 unspecified atom stereocenters. The van der Waals surface area contributed by atoms with Crippen molar-refractivity contribution in [3.05, 3.63) is 11.6 Å². The molecule has 0 aromatic rings. The zero-order chi connectivity index (χ0) is 21.4. The van der Waals surface area contributed by atoms with Gasteiger partial charge in [0.25, 0.3) is 0 Å². The van der Waals surface area contributed by atoms with E-state index >= 15 is 0 Å². The average Bonchev–Trinajstić information content (AvgIpc) is 3.26. The van der Waals surface area contributed by atoms with Gasteiger partial charge in [-0.2, -0.15) is 0 Å². The van der Waals surface area contributed by atoms with E-state index < -0.39 is 36.4 Å². The van der Waals surface area contributed by atoms with Crippen LogP contribution in [0.4, 0.5) is 0 Å². The number of rotatable bonds is 12. The molecule has 168 valence electrons. The zero-order valence-corrected chi connectivity index (χ0v) is 20.3. The Morgan fingerprint density at radius 3 is 2.76 bits per heavy atom. The molecule has 1 heterocycles. The Bertz CT molecular complexity index is 641. The fourth-order valence-electron chi connectivity index (χ4n) is 4.63. The van der Waals surface area contributed by atoms with Crippen molar-refractivity contribution < 1.29 is 43.0 Å². The standard InChI is InChI=1S/C21H35INO5S/c1-22(12-10-15(14-22)11-13-29)17-6-2-4-16(17)5-3-7-19(24)23-18(21(27)28)8-9-20(25)26/h10,16-18,29H,2-9,11-14H2,1H3,(H,23,24)(H,25,26)(H,27,28)/q-1/p-1/t16-,17?,18+/m0/s1. The van der Waals surface area contributed by atoms with Crippen LogP contribution in [0.5, 0.6) is 0 Å². The third-order valence-corrected chi connectivity index (χ3v) is 17.0. The molecule has 0 bridgehead atoms. The minimum atomic E-state index is -1.81. The summed E-state index contributed by atoms with van der Waals surface area (Å²) in [6.45, 7) is 0. The molecule has 0 saturated heterocycles. The summed E-state index contributed by atoms with van der Waals surface area (Å²) in [6, 6.07) is -1.24. The van der Waals surface area contributed by atoms with Gasteiger partial charge in [0.05, 0.1) is 0 Å². The molecule has 1 aliphatic carbocycles. The van der Waals surface area contributed by atoms with Gasteiger partial charge in [0.15, 0.2) is 0 Å². The molecule has 2 aliphatic rings. The molecule has 0 spiro atoms. The molecule has 29 heavy (non-hydrogen) atoms. The molecule has 0 radical (unpaired) electrons. The number of hydrogen-bond donors (Lipinski definition) is 3. The SMILES string of the molecule is C[I-]1(C2CCC[C@H]2CCCC(=O)N[C@H](CCC(=O)O)C(=O)[O-])CC=C(CCS)C1. The molecule has 1 amide bonds. The van der Waals surface area contributed by atoms with E-state index in [9.17, 15) is 19.5 Å². The van der Waals surface area contributed by atoms with Crippen LogP contribution in [-0.2, 0) is 14.4 Å². The summed E-state index contributed by atoms with van der Waals surface area (Å²) in [6.07, 6.45) is 9.04. The minimum absolute atomic E-state index is 0.151. The number of hydrogen-bond acceptors (Lipinski definition) is 5. The number of carboxylic acid groups (broad SMARTS) is 2. The topological polar surface area (TPSA) is 107 Å². The van der Waals surface area contributed by atoms with Crippen LogP contribution in [0, 0.1) is 5.92 Å². The van der Waals surface area contributed by atoms with Crippen LogP contribution in [0.1, 0.15) is 57.8 Å². The maximum absolute atomic E-state index is 12.1. The van der Waals surface area contributed by atoms with E-state index in [1.807, 2.05) is 0 Å². The second-order valence-corrected chi connectivity index (χ2v) is 19.2. The summed E-state index contributed by atoms with van der Waals surface area (Å²) in [5.41, 5.74) is 1.61. The first-order valence-corrected chi connectivity index (χ1v) is 17.5. The Labute approximate surface area is 183 Å². The maximum atomic E-state index is 12.1. The summed E-state index contributed by atoms with van der Waals surface area (Å²) >= 11 is 2.56. The van der Waals surface area contributed by atoms with Gasteiger partial charge < -0.3 is 0 Å². The van der Waals surface area contributed by atoms with Gasteiger partial charge in [0, 0.05) is 0 Å². The molecule has 0 aromatic carbocycles. The molecule has 1 fully saturated rings. The van der Waals surface area contributed by atoms with Crippen molar-refractivity contribution in [1.82, 2.24) is 5.32 Å². The third kappa shape index (κ3) is 7.45. The van der Waals surface area contributed by atoms with Crippen molar-refractivity contribution in [1.29, 1.82) is 0 Å². The van der Waals surface area contributed by atoms with Gasteiger partial charge in [-0.05, 0) is 0 Å². The van der Waals surface area contributed by atoms with E-state index in [-0.39, 0.29) is 25.2 Å². The van der Waals surface area contributed by atoms with E-state index in [1.165, 1.54) is 28.1 Å². The number of alkyl halides is 4. The Morgan fingerprint density at radius 2 is 2.10 bits per heavy atom. The number of halogens is 1. The molecule has 1 saturated carbocycles. The first-order chi connectivity index (χ1) is 13.7. The summed E-state index contributed by atoms with van der Waals surface area (Å²) in [5.74, 6) is -1.23. The molecule has 0 aromatic heterocycles. The van der Waals surface area contributed by atoms with Crippen LogP contribution in [0.15, 0.2) is 11.6 Å². The average molecular weight is 539 g/mol. The van der Waals surface area contributed by atoms with Crippen LogP contribution >= 0.6 is 12.6 Å². The number of amides is 1. The zero-order valence-electron chi connectivity index (χ0n) is 17.2. The van der Waals surface area contributed by atoms with E-state index in [0.717, 1.165) is 28.9 Å². The van der Waals surface area contributed by atoms with Crippen LogP contribution in [0.25, 0.3) is 0 Å². The van der Waals surface area contributed by atoms with Crippen molar-refractivity contribution in [3.8, 4) is 0 Å². The predicted octanol–water partition coefficient (Wildman–Crippen LogP) is -1.52. The molecule has 2 N–H and O–H groups in total. The van der Waals surface area contributed by atoms with Gasteiger partial charge in [-0.3, -0.25) is 0 Å². The molecule has 2 rings (SSSR count). The van der Waals surface area contributed by atoms with Gasteiger partial charge in [-0.15, -0.1) is 0 Å². The van der Waals surface area contributed by atoms with Gasteiger partial charge >= 0.3 is 184 Å².